The number of carbonyl (C=O) groups is 19. The number of nitrogens with one attached hydrogen (secondary N) is 14. The van der Waals surface area contributed by atoms with Gasteiger partial charge in [0.2, 0.25) is 88.6 Å². The third-order valence-corrected chi connectivity index (χ3v) is 17.8. The van der Waals surface area contributed by atoms with Crippen LogP contribution in [0, 0.1) is 29.6 Å². The zero-order valence-electron chi connectivity index (χ0n) is 66.6. The Balaban J connectivity index is 3.36. The molecular formula is C70H117N21O23. The Morgan fingerprint density at radius 3 is 1.32 bits per heavy atom. The molecule has 0 saturated carbocycles. The largest absolute Gasteiger partial charge is 0.481 e. The average molecular weight is 1620 g/mol. The zero-order valence-corrected chi connectivity index (χ0v) is 66.6. The highest BCUT2D eigenvalue weighted by atomic mass is 16.4. The summed E-state index contributed by atoms with van der Waals surface area (Å²) >= 11 is 0. The van der Waals surface area contributed by atoms with Crippen LogP contribution in [0.15, 0.2) is 17.5 Å². The molecule has 0 aliphatic carbocycles. The van der Waals surface area contributed by atoms with E-state index in [1.165, 1.54) is 44.8 Å². The van der Waals surface area contributed by atoms with E-state index in [0.717, 1.165) is 6.92 Å². The molecule has 0 saturated heterocycles. The molecule has 0 aliphatic rings. The molecule has 44 nitrogen and oxygen atoms in total. The predicted molar refractivity (Wildman–Crippen MR) is 405 cm³/mol. The summed E-state index contributed by atoms with van der Waals surface area (Å²) in [6.07, 6.45) is -1.36. The molecule has 1 rings (SSSR count). The van der Waals surface area contributed by atoms with Gasteiger partial charge >= 0.3 is 23.9 Å². The van der Waals surface area contributed by atoms with E-state index in [-0.39, 0.29) is 62.1 Å². The molecule has 640 valence electrons. The first-order valence-corrected chi connectivity index (χ1v) is 37.2. The summed E-state index contributed by atoms with van der Waals surface area (Å²) in [4.78, 5) is 259. The van der Waals surface area contributed by atoms with Gasteiger partial charge in [-0.2, -0.15) is 0 Å². The van der Waals surface area contributed by atoms with Crippen LogP contribution in [0.2, 0.25) is 0 Å². The lowest BCUT2D eigenvalue weighted by molar-refractivity contribution is -0.143. The normalized spacial score (nSPS) is 15.1. The molecule has 1 heterocycles. The van der Waals surface area contributed by atoms with Gasteiger partial charge in [-0.1, -0.05) is 82.1 Å². The molecule has 15 atom stereocenters. The van der Waals surface area contributed by atoms with Gasteiger partial charge in [-0.05, 0) is 82.0 Å². The maximum atomic E-state index is 14.2. The second kappa shape index (κ2) is 50.4. The maximum Gasteiger partial charge on any atom is 0.326 e. The van der Waals surface area contributed by atoms with Crippen LogP contribution in [0.3, 0.4) is 0 Å². The smallest absolute Gasteiger partial charge is 0.326 e. The van der Waals surface area contributed by atoms with Gasteiger partial charge in [0.25, 0.3) is 0 Å². The van der Waals surface area contributed by atoms with E-state index in [9.17, 15) is 112 Å². The summed E-state index contributed by atoms with van der Waals surface area (Å²) in [5, 5.41) is 72.0. The predicted octanol–water partition coefficient (Wildman–Crippen LogP) is -6.56. The Bertz CT molecular complexity index is 3570. The molecule has 0 aromatic carbocycles. The number of hydrogen-bond donors (Lipinski definition) is 22. The first kappa shape index (κ1) is 100. The van der Waals surface area contributed by atoms with Crippen molar-refractivity contribution in [1.82, 2.24) is 84.0 Å². The maximum absolute atomic E-state index is 14.2. The van der Waals surface area contributed by atoms with E-state index in [1.54, 1.807) is 55.5 Å². The van der Waals surface area contributed by atoms with E-state index in [4.69, 9.17) is 22.9 Å². The van der Waals surface area contributed by atoms with Crippen molar-refractivity contribution in [3.8, 4) is 0 Å². The molecule has 0 fully saturated rings. The highest BCUT2D eigenvalue weighted by Crippen LogP contribution is 2.16. The number of guanidine groups is 1. The number of carbonyl (C=O) groups excluding carboxylic acids is 15. The highest BCUT2D eigenvalue weighted by molar-refractivity contribution is 6.00. The van der Waals surface area contributed by atoms with Gasteiger partial charge in [0.1, 0.15) is 72.5 Å². The molecule has 1 aromatic rings. The van der Waals surface area contributed by atoms with Gasteiger partial charge in [-0.25, -0.2) is 9.78 Å². The number of aliphatic imine (C=N–C) groups is 1. The number of nitrogens with zero attached hydrogens (tertiary/aromatic N) is 3. The molecule has 1 aromatic heterocycles. The lowest BCUT2D eigenvalue weighted by Gasteiger charge is -2.30. The minimum Gasteiger partial charge on any atom is -0.481 e. The highest BCUT2D eigenvalue weighted by Gasteiger charge is 2.39. The van der Waals surface area contributed by atoms with Gasteiger partial charge in [-0.3, -0.25) is 91.3 Å². The van der Waals surface area contributed by atoms with Crippen molar-refractivity contribution in [2.24, 2.45) is 64.6 Å². The second-order valence-electron chi connectivity index (χ2n) is 28.8. The molecule has 15 amide bonds. The van der Waals surface area contributed by atoms with E-state index in [0.29, 0.717) is 6.42 Å². The third kappa shape index (κ3) is 38.1. The van der Waals surface area contributed by atoms with Crippen LogP contribution >= 0.6 is 0 Å². The van der Waals surface area contributed by atoms with Crippen LogP contribution in [0.1, 0.15) is 166 Å². The van der Waals surface area contributed by atoms with Gasteiger partial charge in [-0.15, -0.1) is 0 Å². The van der Waals surface area contributed by atoms with Crippen LogP contribution in [-0.4, -0.2) is 247 Å². The zero-order chi connectivity index (χ0) is 87.1. The first-order valence-electron chi connectivity index (χ1n) is 37.2. The molecule has 0 bridgehead atoms. The average Bonchev–Trinajstić information content (AvgIpc) is 1.03. The molecular weight excluding hydrogens is 1500 g/mol. The third-order valence-electron chi connectivity index (χ3n) is 17.8. The number of carboxylic acids is 4. The number of carboxylic acid groups (broad SMARTS) is 4. The summed E-state index contributed by atoms with van der Waals surface area (Å²) in [6.45, 7) is 16.9. The monoisotopic (exact) mass is 1620 g/mol. The number of aliphatic carboxylic acids is 4. The molecule has 26 N–H and O–H groups in total. The Kier molecular flexibility index (Phi) is 44.4. The van der Waals surface area contributed by atoms with E-state index >= 15 is 0 Å². The number of primary amides is 1. The number of nitrogens with two attached hydrogens (primary N) is 4. The van der Waals surface area contributed by atoms with Crippen LogP contribution in [0.4, 0.5) is 0 Å². The number of aryl methyl sites for hydroxylation is 1. The van der Waals surface area contributed by atoms with Gasteiger partial charge < -0.3 is 122 Å². The van der Waals surface area contributed by atoms with Crippen LogP contribution < -0.4 is 97.4 Å². The Labute approximate surface area is 659 Å². The van der Waals surface area contributed by atoms with E-state index in [2.05, 4.69) is 84.4 Å². The lowest BCUT2D eigenvalue weighted by Crippen LogP contribution is -2.61. The van der Waals surface area contributed by atoms with Crippen LogP contribution in [0.25, 0.3) is 0 Å². The second-order valence-corrected chi connectivity index (χ2v) is 28.8. The van der Waals surface area contributed by atoms with Crippen molar-refractivity contribution in [3.63, 3.8) is 0 Å². The lowest BCUT2D eigenvalue weighted by atomic mass is 9.95. The Morgan fingerprint density at radius 1 is 0.439 bits per heavy atom. The molecule has 44 heteroatoms. The standard InChI is InChI=1S/C70H117N21O23/c1-14-35(9)55(89-64(108)46(27-52(99)100)86-58(102)38(12)79-60(104)41(19-22-50(95)96)84-65(109)53(72)33(5)6)67(111)80-37(11)57(101)76-28-49(94)82-45(26-39-30-91(13)31-78-39)59(103)77-29-48(93)81-40(18-21-47(71)92)61(105)83-42(20-23-51(97)98)62(106)88-54(34(7)8)66(110)87-44(25-32(3)4)63(107)90-56(36(10)15-2)68(112)85-43(69(113)114)17-16-24-75-70(73)74/h30-38,40-46,53-56H,14-29,72H2,1-13H3,(H2,71,92)(H,76,101)(H,77,103)(H,79,104)(H,80,111)(H,81,93)(H,82,94)(H,83,105)(H,84,109)(H,85,112)(H,86,102)(H,87,110)(H,88,106)(H,89,108)(H,90,107)(H,95,96)(H,97,98)(H,99,100)(H,113,114)(H4,73,74,75)/t35-,36-,37-,38-,40-,41-,42-,43-,44-,45-,46-,53-,54-,55-,56-/m0/s1. The molecule has 0 aliphatic heterocycles. The van der Waals surface area contributed by atoms with Crippen LogP contribution in [-0.2, 0) is 105 Å². The molecule has 0 radical (unpaired) electrons. The SMILES string of the molecule is CC[C@H](C)[C@H](NC(=O)[C@H](CC(=O)O)NC(=O)[C@H](C)NC(=O)[C@H](CCC(=O)O)NC(=O)[C@@H](N)C(C)C)C(=O)N[C@@H](C)C(=O)NCC(=O)N[C@@H](Cc1cn(C)cn1)C(=O)NCC(=O)N[C@@H](CCC(N)=O)C(=O)N[C@@H](CCC(=O)O)C(=O)N[C@H](C(=O)N[C@@H](CC(C)C)C(=O)N[C@H](C(=O)N[C@@H](CCCN=C(N)N)C(=O)O)[C@@H](C)CC)C(C)C. The van der Waals surface area contributed by atoms with Crippen molar-refractivity contribution in [2.75, 3.05) is 19.6 Å². The van der Waals surface area contributed by atoms with E-state index in [1.807, 2.05) is 0 Å². The Morgan fingerprint density at radius 2 is 0.851 bits per heavy atom. The fourth-order valence-corrected chi connectivity index (χ4v) is 10.7. The summed E-state index contributed by atoms with van der Waals surface area (Å²) in [5.41, 5.74) is 22.2. The first-order chi connectivity index (χ1) is 53.1. The number of aromatic nitrogens is 2. The van der Waals surface area contributed by atoms with Crippen molar-refractivity contribution in [1.29, 1.82) is 0 Å². The minimum atomic E-state index is -1.89. The summed E-state index contributed by atoms with van der Waals surface area (Å²) in [6, 6.07) is -19.6. The van der Waals surface area contributed by atoms with E-state index < -0.39 is 267 Å². The topological polar surface area (TPSA) is 708 Å². The quantitative estimate of drug-likeness (QED) is 0.0164. The molecule has 0 unspecified atom stereocenters. The number of amides is 15. The minimum absolute atomic E-state index is 0.0171. The fourth-order valence-electron chi connectivity index (χ4n) is 10.7. The summed E-state index contributed by atoms with van der Waals surface area (Å²) in [7, 11) is 1.60. The van der Waals surface area contributed by atoms with Crippen molar-refractivity contribution >= 4 is 118 Å². The van der Waals surface area contributed by atoms with Crippen molar-refractivity contribution < 1.29 is 112 Å². The Hall–Kier alpha value is -11.6. The van der Waals surface area contributed by atoms with Gasteiger partial charge in [0.05, 0.1) is 37.6 Å². The number of rotatable bonds is 54. The fraction of sp³-hybridized carbons (Fsp3) is 0.671. The van der Waals surface area contributed by atoms with Gasteiger partial charge in [0.15, 0.2) is 5.96 Å². The molecule has 0 spiro atoms. The van der Waals surface area contributed by atoms with Crippen molar-refractivity contribution in [3.05, 3.63) is 18.2 Å². The van der Waals surface area contributed by atoms with Gasteiger partial charge in [0, 0.05) is 45.5 Å². The summed E-state index contributed by atoms with van der Waals surface area (Å²) < 4.78 is 1.51. The number of hydrogen-bond acceptors (Lipinski definition) is 22. The summed E-state index contributed by atoms with van der Waals surface area (Å²) in [5.74, 6) is -23.7. The molecule has 114 heavy (non-hydrogen) atoms. The number of imidazole rings is 1. The van der Waals surface area contributed by atoms with Crippen molar-refractivity contribution in [2.45, 2.75) is 245 Å². The van der Waals surface area contributed by atoms with Crippen LogP contribution in [0.5, 0.6) is 0 Å².